The van der Waals surface area contributed by atoms with E-state index in [2.05, 4.69) is 46.4 Å². The van der Waals surface area contributed by atoms with Crippen LogP contribution in [0.25, 0.3) is 0 Å². The summed E-state index contributed by atoms with van der Waals surface area (Å²) in [6, 6.07) is 14.5. The predicted molar refractivity (Wildman–Crippen MR) is 127 cm³/mol. The monoisotopic (exact) mass is 424 g/mol. The largest absolute Gasteiger partial charge is 0.493 e. The summed E-state index contributed by atoms with van der Waals surface area (Å²) in [7, 11) is 3.29. The van der Waals surface area contributed by atoms with E-state index in [1.165, 1.54) is 37.1 Å². The maximum atomic E-state index is 6.12. The van der Waals surface area contributed by atoms with Crippen LogP contribution in [0.4, 0.5) is 0 Å². The molecule has 0 bridgehead atoms. The van der Waals surface area contributed by atoms with E-state index in [0.717, 1.165) is 35.9 Å². The normalized spacial score (nSPS) is 15.6. The first-order valence-corrected chi connectivity index (χ1v) is 11.1. The van der Waals surface area contributed by atoms with Gasteiger partial charge in [0.15, 0.2) is 17.5 Å². The smallest absolute Gasteiger partial charge is 0.188 e. The molecule has 0 amide bonds. The van der Waals surface area contributed by atoms with E-state index in [-0.39, 0.29) is 0 Å². The lowest BCUT2D eigenvalue weighted by molar-refractivity contribution is 0.185. The number of hydrogen-bond acceptors (Lipinski definition) is 4. The topological polar surface area (TPSA) is 72.1 Å². The first-order valence-electron chi connectivity index (χ1n) is 11.1. The Morgan fingerprint density at radius 2 is 1.77 bits per heavy atom. The summed E-state index contributed by atoms with van der Waals surface area (Å²) < 4.78 is 10.7. The van der Waals surface area contributed by atoms with Gasteiger partial charge in [-0.2, -0.15) is 0 Å². The van der Waals surface area contributed by atoms with Crippen molar-refractivity contribution in [1.82, 2.24) is 10.2 Å². The van der Waals surface area contributed by atoms with Gasteiger partial charge in [-0.1, -0.05) is 37.3 Å². The lowest BCUT2D eigenvalue weighted by Crippen LogP contribution is -2.33. The Kier molecular flexibility index (Phi) is 8.59. The van der Waals surface area contributed by atoms with Crippen LogP contribution in [0.1, 0.15) is 36.5 Å². The molecule has 3 N–H and O–H groups in total. The molecule has 6 nitrogen and oxygen atoms in total. The van der Waals surface area contributed by atoms with E-state index in [9.17, 15) is 0 Å². The number of methoxy groups -OCH3 is 2. The molecular weight excluding hydrogens is 388 g/mol. The number of nitrogens with two attached hydrogens (primary N) is 1. The second-order valence-corrected chi connectivity index (χ2v) is 8.29. The number of nitrogens with one attached hydrogen (secondary N) is 1. The average Bonchev–Trinajstić information content (AvgIpc) is 2.80. The lowest BCUT2D eigenvalue weighted by Gasteiger charge is -2.30. The summed E-state index contributed by atoms with van der Waals surface area (Å²) in [6.45, 7) is 7.00. The van der Waals surface area contributed by atoms with Crippen molar-refractivity contribution in [2.45, 2.75) is 39.3 Å². The highest BCUT2D eigenvalue weighted by Crippen LogP contribution is 2.27. The fraction of sp³-hybridized carbons (Fsp3) is 0.480. The number of piperidine rings is 1. The number of rotatable bonds is 9. The van der Waals surface area contributed by atoms with E-state index in [0.29, 0.717) is 19.0 Å². The number of hydrogen-bond donors (Lipinski definition) is 2. The van der Waals surface area contributed by atoms with Crippen LogP contribution in [0, 0.1) is 5.92 Å². The average molecular weight is 425 g/mol. The van der Waals surface area contributed by atoms with Crippen LogP contribution < -0.4 is 20.5 Å². The minimum absolute atomic E-state index is 0.474. The van der Waals surface area contributed by atoms with E-state index >= 15 is 0 Å². The first kappa shape index (κ1) is 22.9. The zero-order valence-corrected chi connectivity index (χ0v) is 19.1. The molecule has 0 saturated carbocycles. The minimum Gasteiger partial charge on any atom is -0.493 e. The second-order valence-electron chi connectivity index (χ2n) is 8.29. The molecule has 0 aromatic heterocycles. The van der Waals surface area contributed by atoms with Crippen molar-refractivity contribution >= 4 is 5.96 Å². The molecule has 2 aromatic rings. The van der Waals surface area contributed by atoms with Gasteiger partial charge in [-0.3, -0.25) is 4.90 Å². The SMILES string of the molecule is COc1ccc(CCNC(N)=NCc2ccccc2CN2CCC(C)CC2)cc1OC. The first-order chi connectivity index (χ1) is 15.1. The van der Waals surface area contributed by atoms with E-state index in [1.807, 2.05) is 18.2 Å². The van der Waals surface area contributed by atoms with Crippen molar-refractivity contribution in [3.8, 4) is 11.5 Å². The van der Waals surface area contributed by atoms with Gasteiger partial charge in [-0.05, 0) is 67.1 Å². The van der Waals surface area contributed by atoms with Gasteiger partial charge in [0, 0.05) is 13.1 Å². The molecular formula is C25H36N4O2. The third-order valence-electron chi connectivity index (χ3n) is 5.98. The van der Waals surface area contributed by atoms with Crippen LogP contribution in [-0.4, -0.2) is 44.7 Å². The highest BCUT2D eigenvalue weighted by atomic mass is 16.5. The number of guanidine groups is 1. The van der Waals surface area contributed by atoms with Gasteiger partial charge in [0.05, 0.1) is 20.8 Å². The highest BCUT2D eigenvalue weighted by Gasteiger charge is 2.16. The van der Waals surface area contributed by atoms with Crippen molar-refractivity contribution in [2.24, 2.45) is 16.6 Å². The molecule has 6 heteroatoms. The third kappa shape index (κ3) is 6.89. The van der Waals surface area contributed by atoms with Gasteiger partial charge in [-0.15, -0.1) is 0 Å². The number of aliphatic imine (C=N–C) groups is 1. The molecule has 1 saturated heterocycles. The van der Waals surface area contributed by atoms with Crippen molar-refractivity contribution in [2.75, 3.05) is 33.9 Å². The number of benzene rings is 2. The summed E-state index contributed by atoms with van der Waals surface area (Å²) in [5.41, 5.74) is 9.86. The Balaban J connectivity index is 1.50. The van der Waals surface area contributed by atoms with Crippen LogP contribution in [0.3, 0.4) is 0 Å². The number of ether oxygens (including phenoxy) is 2. The van der Waals surface area contributed by atoms with Gasteiger partial charge in [-0.25, -0.2) is 4.99 Å². The molecule has 1 aliphatic heterocycles. The fourth-order valence-corrected chi connectivity index (χ4v) is 3.92. The van der Waals surface area contributed by atoms with Crippen molar-refractivity contribution in [1.29, 1.82) is 0 Å². The number of likely N-dealkylation sites (tertiary alicyclic amines) is 1. The molecule has 1 aliphatic rings. The van der Waals surface area contributed by atoms with E-state index in [4.69, 9.17) is 15.2 Å². The highest BCUT2D eigenvalue weighted by molar-refractivity contribution is 5.77. The zero-order chi connectivity index (χ0) is 22.1. The van der Waals surface area contributed by atoms with Crippen LogP contribution in [0.15, 0.2) is 47.5 Å². The Hall–Kier alpha value is -2.73. The van der Waals surface area contributed by atoms with Crippen molar-refractivity contribution in [3.05, 3.63) is 59.2 Å². The molecule has 0 radical (unpaired) electrons. The summed E-state index contributed by atoms with van der Waals surface area (Å²) in [4.78, 5) is 7.12. The van der Waals surface area contributed by atoms with Crippen molar-refractivity contribution < 1.29 is 9.47 Å². The number of nitrogens with zero attached hydrogens (tertiary/aromatic N) is 2. The molecule has 0 unspecified atom stereocenters. The van der Waals surface area contributed by atoms with Crippen LogP contribution in [-0.2, 0) is 19.5 Å². The third-order valence-corrected chi connectivity index (χ3v) is 5.98. The lowest BCUT2D eigenvalue weighted by atomic mass is 9.98. The second kappa shape index (κ2) is 11.6. The summed E-state index contributed by atoms with van der Waals surface area (Å²) in [5, 5.41) is 3.22. The Bertz CT molecular complexity index is 860. The van der Waals surface area contributed by atoms with Gasteiger partial charge >= 0.3 is 0 Å². The maximum absolute atomic E-state index is 6.12. The molecule has 3 rings (SSSR count). The van der Waals surface area contributed by atoms with E-state index < -0.39 is 0 Å². The van der Waals surface area contributed by atoms with Crippen LogP contribution in [0.2, 0.25) is 0 Å². The Morgan fingerprint density at radius 3 is 2.48 bits per heavy atom. The molecule has 168 valence electrons. The summed E-state index contributed by atoms with van der Waals surface area (Å²) in [6.07, 6.45) is 3.40. The maximum Gasteiger partial charge on any atom is 0.188 e. The quantitative estimate of drug-likeness (QED) is 0.476. The Labute approximate surface area is 186 Å². The van der Waals surface area contributed by atoms with Gasteiger partial charge < -0.3 is 20.5 Å². The predicted octanol–water partition coefficient (Wildman–Crippen LogP) is 3.58. The molecule has 31 heavy (non-hydrogen) atoms. The molecule has 2 aromatic carbocycles. The summed E-state index contributed by atoms with van der Waals surface area (Å²) >= 11 is 0. The standard InChI is InChI=1S/C25H36N4O2/c1-19-11-14-29(15-12-19)18-22-7-5-4-6-21(22)17-28-25(26)27-13-10-20-8-9-23(30-2)24(16-20)31-3/h4-9,16,19H,10-15,17-18H2,1-3H3,(H3,26,27,28). The van der Waals surface area contributed by atoms with Gasteiger partial charge in [0.25, 0.3) is 0 Å². The van der Waals surface area contributed by atoms with Crippen LogP contribution >= 0.6 is 0 Å². The van der Waals surface area contributed by atoms with Crippen molar-refractivity contribution in [3.63, 3.8) is 0 Å². The Morgan fingerprint density at radius 1 is 1.06 bits per heavy atom. The zero-order valence-electron chi connectivity index (χ0n) is 19.1. The molecule has 0 atom stereocenters. The van der Waals surface area contributed by atoms with Gasteiger partial charge in [0.2, 0.25) is 0 Å². The van der Waals surface area contributed by atoms with Crippen LogP contribution in [0.5, 0.6) is 11.5 Å². The van der Waals surface area contributed by atoms with E-state index in [1.54, 1.807) is 14.2 Å². The molecule has 1 fully saturated rings. The molecule has 0 spiro atoms. The molecule has 0 aliphatic carbocycles. The molecule has 1 heterocycles. The van der Waals surface area contributed by atoms with Gasteiger partial charge in [0.1, 0.15) is 0 Å². The summed E-state index contributed by atoms with van der Waals surface area (Å²) in [5.74, 6) is 2.79. The fourth-order valence-electron chi connectivity index (χ4n) is 3.92. The minimum atomic E-state index is 0.474.